The molecule has 1 aliphatic heterocycles. The Hall–Kier alpha value is -0.840. The number of benzene rings is 1. The van der Waals surface area contributed by atoms with Gasteiger partial charge in [0.1, 0.15) is 0 Å². The first-order valence-corrected chi connectivity index (χ1v) is 11.3. The molecule has 0 aromatic heterocycles. The molecule has 7 nitrogen and oxygen atoms in total. The van der Waals surface area contributed by atoms with Gasteiger partial charge < -0.3 is 15.0 Å². The smallest absolute Gasteiger partial charge is 0.196 e. The van der Waals surface area contributed by atoms with Crippen LogP contribution in [0.4, 0.5) is 5.69 Å². The zero-order valence-electron chi connectivity index (χ0n) is 14.6. The lowest BCUT2D eigenvalue weighted by molar-refractivity contribution is 0.184. The highest BCUT2D eigenvalue weighted by molar-refractivity contribution is 7.91. The molecule has 0 aliphatic carbocycles. The molecule has 9 heteroatoms. The molecule has 1 heterocycles. The molecule has 0 amide bonds. The molecule has 1 unspecified atom stereocenters. The summed E-state index contributed by atoms with van der Waals surface area (Å²) in [5.74, 6) is 0.400. The molecule has 0 radical (unpaired) electrons. The number of ether oxygens (including phenoxy) is 1. The molecule has 2 N–H and O–H groups in total. The van der Waals surface area contributed by atoms with E-state index in [1.54, 1.807) is 19.2 Å². The van der Waals surface area contributed by atoms with Gasteiger partial charge in [-0.05, 0) is 18.6 Å². The average molecular weight is 390 g/mol. The van der Waals surface area contributed by atoms with Gasteiger partial charge in [-0.2, -0.15) is 0 Å². The third-order valence-electron chi connectivity index (χ3n) is 4.20. The summed E-state index contributed by atoms with van der Waals surface area (Å²) < 4.78 is 43.0. The number of para-hydroxylation sites is 1. The van der Waals surface area contributed by atoms with E-state index in [4.69, 9.17) is 10.5 Å². The van der Waals surface area contributed by atoms with Crippen molar-refractivity contribution in [2.75, 3.05) is 63.7 Å². The second-order valence-electron chi connectivity index (χ2n) is 6.06. The number of methoxy groups -OCH3 is 1. The van der Waals surface area contributed by atoms with Crippen LogP contribution in [0.15, 0.2) is 29.2 Å². The van der Waals surface area contributed by atoms with Crippen molar-refractivity contribution < 1.29 is 17.7 Å². The fourth-order valence-electron chi connectivity index (χ4n) is 2.67. The fourth-order valence-corrected chi connectivity index (χ4v) is 5.23. The molecule has 1 atom stereocenters. The fraction of sp³-hybridized carbons (Fsp3) is 0.625. The largest absolute Gasteiger partial charge is 0.593 e. The summed E-state index contributed by atoms with van der Waals surface area (Å²) in [6.07, 6.45) is 0.767. The van der Waals surface area contributed by atoms with Gasteiger partial charge >= 0.3 is 0 Å². The van der Waals surface area contributed by atoms with Crippen molar-refractivity contribution in [1.29, 1.82) is 0 Å². The summed E-state index contributed by atoms with van der Waals surface area (Å²) in [5, 5.41) is 0. The SMILES string of the molecule is COCCCN(CCN1CCS(=O)(=O)CC1)[S+]([O-])c1ccccc1N. The van der Waals surface area contributed by atoms with Crippen LogP contribution in [0.1, 0.15) is 6.42 Å². The van der Waals surface area contributed by atoms with E-state index in [1.807, 2.05) is 16.4 Å². The summed E-state index contributed by atoms with van der Waals surface area (Å²) in [6, 6.07) is 7.17. The molecule has 1 aromatic carbocycles. The van der Waals surface area contributed by atoms with Gasteiger partial charge in [0, 0.05) is 39.9 Å². The van der Waals surface area contributed by atoms with Gasteiger partial charge in [-0.25, -0.2) is 8.42 Å². The minimum absolute atomic E-state index is 0.200. The lowest BCUT2D eigenvalue weighted by Crippen LogP contribution is -2.45. The summed E-state index contributed by atoms with van der Waals surface area (Å²) in [6.45, 7) is 3.56. The lowest BCUT2D eigenvalue weighted by Gasteiger charge is -2.30. The van der Waals surface area contributed by atoms with Crippen molar-refractivity contribution in [3.63, 3.8) is 0 Å². The Kier molecular flexibility index (Phi) is 7.98. The Labute approximate surface area is 153 Å². The van der Waals surface area contributed by atoms with Crippen molar-refractivity contribution in [2.24, 2.45) is 0 Å². The van der Waals surface area contributed by atoms with Crippen molar-refractivity contribution >= 4 is 26.9 Å². The highest BCUT2D eigenvalue weighted by Gasteiger charge is 2.27. The molecule has 1 aliphatic rings. The van der Waals surface area contributed by atoms with Crippen LogP contribution < -0.4 is 5.73 Å². The van der Waals surface area contributed by atoms with Crippen LogP contribution in [0.3, 0.4) is 0 Å². The van der Waals surface area contributed by atoms with E-state index in [1.165, 1.54) is 0 Å². The number of nitrogens with two attached hydrogens (primary N) is 1. The van der Waals surface area contributed by atoms with Crippen LogP contribution in [0.25, 0.3) is 0 Å². The standard InChI is InChI=1S/C16H27N3O4S2/c1-23-12-4-7-19(24(20)16-6-3-2-5-15(16)17)9-8-18-10-13-25(21,22)14-11-18/h2-3,5-6H,4,7-14,17H2,1H3. The minimum Gasteiger partial charge on any atom is -0.593 e. The van der Waals surface area contributed by atoms with Crippen molar-refractivity contribution in [1.82, 2.24) is 9.21 Å². The molecule has 2 rings (SSSR count). The number of hydrogen-bond donors (Lipinski definition) is 1. The summed E-state index contributed by atoms with van der Waals surface area (Å²) in [7, 11) is -1.24. The zero-order valence-corrected chi connectivity index (χ0v) is 16.2. The molecule has 1 aromatic rings. The van der Waals surface area contributed by atoms with Crippen molar-refractivity contribution in [3.8, 4) is 0 Å². The molecule has 1 fully saturated rings. The molecule has 0 spiro atoms. The van der Waals surface area contributed by atoms with Gasteiger partial charge in [0.2, 0.25) is 0 Å². The Bertz CT molecular complexity index is 628. The van der Waals surface area contributed by atoms with Gasteiger partial charge in [-0.15, -0.1) is 4.31 Å². The Balaban J connectivity index is 1.96. The van der Waals surface area contributed by atoms with Crippen LogP contribution in [-0.4, -0.2) is 80.1 Å². The van der Waals surface area contributed by atoms with E-state index in [-0.39, 0.29) is 11.5 Å². The number of hydrogen-bond acceptors (Lipinski definition) is 7. The molecule has 25 heavy (non-hydrogen) atoms. The molecule has 0 saturated carbocycles. The number of anilines is 1. The first kappa shape index (κ1) is 20.5. The molecule has 142 valence electrons. The van der Waals surface area contributed by atoms with E-state index in [0.29, 0.717) is 49.9 Å². The zero-order chi connectivity index (χ0) is 18.3. The maximum atomic E-state index is 12.9. The van der Waals surface area contributed by atoms with Crippen LogP contribution >= 0.6 is 0 Å². The van der Waals surface area contributed by atoms with Gasteiger partial charge in [-0.3, -0.25) is 4.90 Å². The lowest BCUT2D eigenvalue weighted by atomic mass is 10.3. The minimum atomic E-state index is -2.89. The van der Waals surface area contributed by atoms with Gasteiger partial charge in [0.15, 0.2) is 14.7 Å². The molecule has 0 bridgehead atoms. The van der Waals surface area contributed by atoms with Crippen LogP contribution in [0, 0.1) is 0 Å². The maximum absolute atomic E-state index is 12.9. The molecular formula is C16H27N3O4S2. The number of nitrogen functional groups attached to an aromatic ring is 1. The average Bonchev–Trinajstić information content (AvgIpc) is 2.59. The first-order valence-electron chi connectivity index (χ1n) is 8.36. The topological polar surface area (TPSA) is 98.9 Å². The van der Waals surface area contributed by atoms with Crippen LogP contribution in [0.5, 0.6) is 0 Å². The predicted molar refractivity (Wildman–Crippen MR) is 100 cm³/mol. The highest BCUT2D eigenvalue weighted by atomic mass is 32.2. The van der Waals surface area contributed by atoms with Gasteiger partial charge in [0.05, 0.1) is 35.1 Å². The van der Waals surface area contributed by atoms with Gasteiger partial charge in [0.25, 0.3) is 0 Å². The summed E-state index contributed by atoms with van der Waals surface area (Å²) >= 11 is -1.35. The maximum Gasteiger partial charge on any atom is 0.196 e. The second-order valence-corrected chi connectivity index (χ2v) is 9.81. The number of nitrogens with zero attached hydrogens (tertiary/aromatic N) is 2. The van der Waals surface area contributed by atoms with Crippen LogP contribution in [-0.2, 0) is 25.9 Å². The van der Waals surface area contributed by atoms with E-state index < -0.39 is 21.2 Å². The summed E-state index contributed by atoms with van der Waals surface area (Å²) in [4.78, 5) is 2.72. The Morgan fingerprint density at radius 2 is 1.96 bits per heavy atom. The monoisotopic (exact) mass is 389 g/mol. The van der Waals surface area contributed by atoms with E-state index in [2.05, 4.69) is 4.90 Å². The van der Waals surface area contributed by atoms with Crippen LogP contribution in [0.2, 0.25) is 0 Å². The molecule has 1 saturated heterocycles. The van der Waals surface area contributed by atoms with E-state index in [9.17, 15) is 13.0 Å². The number of sulfone groups is 1. The third kappa shape index (κ3) is 6.43. The van der Waals surface area contributed by atoms with Crippen molar-refractivity contribution in [3.05, 3.63) is 24.3 Å². The second kappa shape index (κ2) is 9.75. The Morgan fingerprint density at radius 1 is 1.28 bits per heavy atom. The van der Waals surface area contributed by atoms with Gasteiger partial charge in [-0.1, -0.05) is 12.1 Å². The first-order chi connectivity index (χ1) is 11.9. The number of rotatable bonds is 9. The van der Waals surface area contributed by atoms with E-state index in [0.717, 1.165) is 6.42 Å². The quantitative estimate of drug-likeness (QED) is 0.370. The normalized spacial score (nSPS) is 19.2. The molecular weight excluding hydrogens is 362 g/mol. The van der Waals surface area contributed by atoms with E-state index >= 15 is 0 Å². The predicted octanol–water partition coefficient (Wildman–Crippen LogP) is 0.360. The van der Waals surface area contributed by atoms with Crippen molar-refractivity contribution in [2.45, 2.75) is 11.3 Å². The third-order valence-corrected chi connectivity index (χ3v) is 7.39. The summed E-state index contributed by atoms with van der Waals surface area (Å²) in [5.41, 5.74) is 6.48. The Morgan fingerprint density at radius 3 is 2.60 bits per heavy atom. The highest BCUT2D eigenvalue weighted by Crippen LogP contribution is 2.22.